The van der Waals surface area contributed by atoms with Gasteiger partial charge in [-0.1, -0.05) is 36.7 Å². The highest BCUT2D eigenvalue weighted by molar-refractivity contribution is 6.31. The minimum atomic E-state index is -0.815. The highest BCUT2D eigenvalue weighted by Gasteiger charge is 2.43. The molecule has 1 fully saturated rings. The third-order valence-corrected chi connectivity index (χ3v) is 4.29. The van der Waals surface area contributed by atoms with Crippen LogP contribution in [-0.2, 0) is 10.2 Å². The second-order valence-electron chi connectivity index (χ2n) is 4.80. The van der Waals surface area contributed by atoms with Crippen LogP contribution in [0, 0.1) is 0 Å². The van der Waals surface area contributed by atoms with Crippen LogP contribution in [0.5, 0.6) is 0 Å². The third-order valence-electron chi connectivity index (χ3n) is 3.96. The molecule has 2 rings (SSSR count). The molecule has 1 heterocycles. The molecule has 4 heteroatoms. The van der Waals surface area contributed by atoms with E-state index in [4.69, 9.17) is 11.6 Å². The van der Waals surface area contributed by atoms with E-state index in [9.17, 15) is 9.90 Å². The predicted molar refractivity (Wildman–Crippen MR) is 72.1 cm³/mol. The number of hydrogen-bond donors (Lipinski definition) is 1. The van der Waals surface area contributed by atoms with Crippen LogP contribution >= 0.6 is 11.6 Å². The Hall–Kier alpha value is -1.06. The van der Waals surface area contributed by atoms with Crippen molar-refractivity contribution >= 4 is 17.6 Å². The van der Waals surface area contributed by atoms with E-state index in [0.29, 0.717) is 17.9 Å². The maximum atomic E-state index is 11.7. The molecule has 0 radical (unpaired) electrons. The molecule has 0 amide bonds. The number of carbonyl (C=O) groups is 1. The molecule has 1 saturated heterocycles. The Kier molecular flexibility index (Phi) is 3.93. The number of piperidine rings is 1. The van der Waals surface area contributed by atoms with Crippen molar-refractivity contribution in [3.63, 3.8) is 0 Å². The van der Waals surface area contributed by atoms with Crippen molar-refractivity contribution in [1.29, 1.82) is 0 Å². The first kappa shape index (κ1) is 13.4. The highest BCUT2D eigenvalue weighted by Crippen LogP contribution is 2.39. The molecule has 1 aliphatic rings. The number of carboxylic acids is 1. The van der Waals surface area contributed by atoms with E-state index in [2.05, 4.69) is 11.8 Å². The van der Waals surface area contributed by atoms with Crippen LogP contribution in [0.1, 0.15) is 25.3 Å². The lowest BCUT2D eigenvalue weighted by atomic mass is 9.73. The van der Waals surface area contributed by atoms with Crippen molar-refractivity contribution in [3.8, 4) is 0 Å². The molecule has 1 aromatic rings. The summed E-state index contributed by atoms with van der Waals surface area (Å²) in [7, 11) is 0. The predicted octanol–water partition coefficient (Wildman–Crippen LogP) is 2.78. The van der Waals surface area contributed by atoms with Gasteiger partial charge < -0.3 is 10.0 Å². The molecule has 1 aliphatic heterocycles. The van der Waals surface area contributed by atoms with E-state index in [1.807, 2.05) is 18.2 Å². The zero-order chi connectivity index (χ0) is 13.2. The van der Waals surface area contributed by atoms with Crippen LogP contribution in [0.3, 0.4) is 0 Å². The van der Waals surface area contributed by atoms with Crippen molar-refractivity contribution in [3.05, 3.63) is 34.9 Å². The molecule has 1 aromatic carbocycles. The largest absolute Gasteiger partial charge is 0.481 e. The van der Waals surface area contributed by atoms with Crippen LogP contribution in [0.15, 0.2) is 24.3 Å². The van der Waals surface area contributed by atoms with E-state index in [0.717, 1.165) is 25.2 Å². The summed E-state index contributed by atoms with van der Waals surface area (Å²) in [5, 5.41) is 10.2. The van der Waals surface area contributed by atoms with Gasteiger partial charge in [0, 0.05) is 5.02 Å². The van der Waals surface area contributed by atoms with Gasteiger partial charge in [0.05, 0.1) is 5.41 Å². The monoisotopic (exact) mass is 267 g/mol. The zero-order valence-corrected chi connectivity index (χ0v) is 11.3. The third kappa shape index (κ3) is 2.25. The number of benzene rings is 1. The molecular weight excluding hydrogens is 250 g/mol. The van der Waals surface area contributed by atoms with Crippen molar-refractivity contribution < 1.29 is 9.90 Å². The molecule has 0 atom stereocenters. The molecule has 0 bridgehead atoms. The summed E-state index contributed by atoms with van der Waals surface area (Å²) in [5.74, 6) is -0.758. The second kappa shape index (κ2) is 5.29. The summed E-state index contributed by atoms with van der Waals surface area (Å²) >= 11 is 6.18. The van der Waals surface area contributed by atoms with E-state index >= 15 is 0 Å². The minimum Gasteiger partial charge on any atom is -0.481 e. The molecule has 98 valence electrons. The quantitative estimate of drug-likeness (QED) is 0.916. The summed E-state index contributed by atoms with van der Waals surface area (Å²) in [5.41, 5.74) is -0.0563. The first-order valence-electron chi connectivity index (χ1n) is 6.31. The Morgan fingerprint density at radius 2 is 2.00 bits per heavy atom. The standard InChI is InChI=1S/C14H18ClNO2/c1-2-16-9-7-14(8-10-16,13(17)18)11-5-3-4-6-12(11)15/h3-6H,2,7-10H2,1H3,(H,17,18). The van der Waals surface area contributed by atoms with Gasteiger partial charge in [0.25, 0.3) is 0 Å². The normalized spacial score (nSPS) is 19.7. The molecule has 0 aromatic heterocycles. The van der Waals surface area contributed by atoms with Crippen LogP contribution in [0.2, 0.25) is 5.02 Å². The zero-order valence-electron chi connectivity index (χ0n) is 10.5. The van der Waals surface area contributed by atoms with Crippen molar-refractivity contribution in [1.82, 2.24) is 4.90 Å². The van der Waals surface area contributed by atoms with Crippen LogP contribution < -0.4 is 0 Å². The average Bonchev–Trinajstić information content (AvgIpc) is 2.39. The first-order valence-corrected chi connectivity index (χ1v) is 6.68. The number of hydrogen-bond acceptors (Lipinski definition) is 2. The number of aliphatic carboxylic acids is 1. The van der Waals surface area contributed by atoms with Crippen LogP contribution in [0.25, 0.3) is 0 Å². The second-order valence-corrected chi connectivity index (χ2v) is 5.21. The van der Waals surface area contributed by atoms with Gasteiger partial charge in [0.1, 0.15) is 0 Å². The number of carboxylic acid groups (broad SMARTS) is 1. The Morgan fingerprint density at radius 3 is 2.50 bits per heavy atom. The number of likely N-dealkylation sites (tertiary alicyclic amines) is 1. The average molecular weight is 268 g/mol. The van der Waals surface area contributed by atoms with E-state index in [1.165, 1.54) is 0 Å². The van der Waals surface area contributed by atoms with Gasteiger partial charge in [-0.05, 0) is 44.1 Å². The van der Waals surface area contributed by atoms with E-state index < -0.39 is 11.4 Å². The molecule has 18 heavy (non-hydrogen) atoms. The molecule has 1 N–H and O–H groups in total. The minimum absolute atomic E-state index is 0.560. The molecule has 3 nitrogen and oxygen atoms in total. The molecule has 0 saturated carbocycles. The fraction of sp³-hybridized carbons (Fsp3) is 0.500. The number of nitrogens with zero attached hydrogens (tertiary/aromatic N) is 1. The maximum absolute atomic E-state index is 11.7. The highest BCUT2D eigenvalue weighted by atomic mass is 35.5. The first-order chi connectivity index (χ1) is 8.60. The van der Waals surface area contributed by atoms with Gasteiger partial charge >= 0.3 is 5.97 Å². The fourth-order valence-electron chi connectivity index (χ4n) is 2.70. The van der Waals surface area contributed by atoms with Gasteiger partial charge in [-0.15, -0.1) is 0 Å². The molecule has 0 spiro atoms. The summed E-state index contributed by atoms with van der Waals surface area (Å²) < 4.78 is 0. The van der Waals surface area contributed by atoms with E-state index in [-0.39, 0.29) is 0 Å². The van der Waals surface area contributed by atoms with Crippen molar-refractivity contribution in [2.24, 2.45) is 0 Å². The van der Waals surface area contributed by atoms with Gasteiger partial charge in [-0.25, -0.2) is 0 Å². The number of rotatable bonds is 3. The van der Waals surface area contributed by atoms with Gasteiger partial charge in [-0.3, -0.25) is 4.79 Å². The number of halogens is 1. The lowest BCUT2D eigenvalue weighted by Crippen LogP contribution is -2.47. The van der Waals surface area contributed by atoms with Crippen molar-refractivity contribution in [2.75, 3.05) is 19.6 Å². The molecule has 0 unspecified atom stereocenters. The van der Waals surface area contributed by atoms with Crippen LogP contribution in [0.4, 0.5) is 0 Å². The topological polar surface area (TPSA) is 40.5 Å². The van der Waals surface area contributed by atoms with Gasteiger partial charge in [-0.2, -0.15) is 0 Å². The summed E-state index contributed by atoms with van der Waals surface area (Å²) in [6.45, 7) is 4.70. The lowest BCUT2D eigenvalue weighted by molar-refractivity contribution is -0.146. The van der Waals surface area contributed by atoms with Crippen LogP contribution in [-0.4, -0.2) is 35.6 Å². The molecule has 0 aliphatic carbocycles. The summed E-state index contributed by atoms with van der Waals surface area (Å²) in [4.78, 5) is 14.0. The smallest absolute Gasteiger partial charge is 0.314 e. The summed E-state index contributed by atoms with van der Waals surface area (Å²) in [6, 6.07) is 7.31. The summed E-state index contributed by atoms with van der Waals surface area (Å²) in [6.07, 6.45) is 1.25. The molecular formula is C14H18ClNO2. The Balaban J connectivity index is 2.35. The van der Waals surface area contributed by atoms with Gasteiger partial charge in [0.15, 0.2) is 0 Å². The Labute approximate surface area is 112 Å². The Bertz CT molecular complexity index is 439. The SMILES string of the molecule is CCN1CCC(C(=O)O)(c2ccccc2Cl)CC1. The lowest BCUT2D eigenvalue weighted by Gasteiger charge is -2.39. The maximum Gasteiger partial charge on any atom is 0.314 e. The van der Waals surface area contributed by atoms with Crippen molar-refractivity contribution in [2.45, 2.75) is 25.2 Å². The Morgan fingerprint density at radius 1 is 1.39 bits per heavy atom. The van der Waals surface area contributed by atoms with Gasteiger partial charge in [0.2, 0.25) is 0 Å². The van der Waals surface area contributed by atoms with E-state index in [1.54, 1.807) is 6.07 Å². The fourth-order valence-corrected chi connectivity index (χ4v) is 3.02.